The molecule has 0 amide bonds. The number of hydrogen-bond acceptors (Lipinski definition) is 10. The van der Waals surface area contributed by atoms with Crippen molar-refractivity contribution in [2.75, 3.05) is 7.11 Å². The van der Waals surface area contributed by atoms with E-state index in [1.165, 1.54) is 33.9 Å². The summed E-state index contributed by atoms with van der Waals surface area (Å²) in [5.41, 5.74) is -1.09. The minimum absolute atomic E-state index is 0.153. The number of Topliss-reactive ketones (excluding diaryl/α,β-unsaturated/α-hetero) is 1. The predicted octanol–water partition coefficient (Wildman–Crippen LogP) is 3.91. The van der Waals surface area contributed by atoms with Crippen LogP contribution in [0.4, 0.5) is 0 Å². The zero-order valence-electron chi connectivity index (χ0n) is 23.5. The van der Waals surface area contributed by atoms with Crippen molar-refractivity contribution in [2.24, 2.45) is 15.9 Å². The Morgan fingerprint density at radius 3 is 2.25 bits per heavy atom. The number of benzene rings is 2. The Bertz CT molecular complexity index is 1430. The maximum Gasteiger partial charge on any atom is 0.330 e. The summed E-state index contributed by atoms with van der Waals surface area (Å²) in [6, 6.07) is 9.93. The largest absolute Gasteiger partial charge is 0.493 e. The second-order valence-corrected chi connectivity index (χ2v) is 11.7. The van der Waals surface area contributed by atoms with Gasteiger partial charge in [-0.15, -0.1) is 0 Å². The lowest BCUT2D eigenvalue weighted by molar-refractivity contribution is -0.254. The van der Waals surface area contributed by atoms with Gasteiger partial charge in [0.15, 0.2) is 17.3 Å². The third-order valence-electron chi connectivity index (χ3n) is 7.57. The van der Waals surface area contributed by atoms with Crippen LogP contribution in [-0.2, 0) is 28.7 Å². The van der Waals surface area contributed by atoms with Crippen LogP contribution in [0.2, 0.25) is 0 Å². The Labute approximate surface area is 232 Å². The van der Waals surface area contributed by atoms with Gasteiger partial charge in [-0.25, -0.2) is 0 Å². The van der Waals surface area contributed by atoms with E-state index in [0.29, 0.717) is 16.7 Å². The van der Waals surface area contributed by atoms with E-state index in [4.69, 9.17) is 18.9 Å². The van der Waals surface area contributed by atoms with Gasteiger partial charge in [0.25, 0.3) is 5.79 Å². The predicted molar refractivity (Wildman–Crippen MR) is 143 cm³/mol. The van der Waals surface area contributed by atoms with Gasteiger partial charge in [-0.3, -0.25) is 24.2 Å². The number of ketones is 1. The first-order valence-electron chi connectivity index (χ1n) is 13.0. The number of hydrazone groups is 1. The van der Waals surface area contributed by atoms with Gasteiger partial charge in [-0.2, -0.15) is 5.10 Å². The Hall–Kier alpha value is -4.21. The molecule has 1 spiro atoms. The summed E-state index contributed by atoms with van der Waals surface area (Å²) in [4.78, 5) is 54.4. The van der Waals surface area contributed by atoms with Gasteiger partial charge in [0, 0.05) is 32.1 Å². The van der Waals surface area contributed by atoms with Gasteiger partial charge in [0.1, 0.15) is 12.1 Å². The summed E-state index contributed by atoms with van der Waals surface area (Å²) in [5, 5.41) is 6.20. The molecule has 3 aliphatic rings. The molecule has 3 heterocycles. The van der Waals surface area contributed by atoms with Crippen LogP contribution in [0.15, 0.2) is 47.6 Å². The van der Waals surface area contributed by atoms with Crippen LogP contribution >= 0.6 is 0 Å². The van der Waals surface area contributed by atoms with E-state index in [1.54, 1.807) is 50.2 Å². The first-order chi connectivity index (χ1) is 18.7. The first kappa shape index (κ1) is 27.4. The highest BCUT2D eigenvalue weighted by atomic mass is 16.7. The van der Waals surface area contributed by atoms with Gasteiger partial charge >= 0.3 is 17.9 Å². The van der Waals surface area contributed by atoms with E-state index in [2.05, 4.69) is 5.10 Å². The lowest BCUT2D eigenvalue weighted by Gasteiger charge is -2.44. The van der Waals surface area contributed by atoms with Crippen LogP contribution in [0.1, 0.15) is 70.2 Å². The van der Waals surface area contributed by atoms with Gasteiger partial charge in [-0.05, 0) is 28.8 Å². The van der Waals surface area contributed by atoms with Crippen molar-refractivity contribution in [3.05, 3.63) is 59.2 Å². The molecule has 0 aliphatic carbocycles. The number of nitrogens with zero attached hydrogens (tertiary/aromatic N) is 2. The minimum Gasteiger partial charge on any atom is -0.493 e. The number of cyclic esters (lactones) is 2. The molecule has 0 N–H and O–H groups in total. The van der Waals surface area contributed by atoms with E-state index >= 15 is 0 Å². The molecular formula is C30H32N2O8. The molecule has 3 aliphatic heterocycles. The monoisotopic (exact) mass is 548 g/mol. The van der Waals surface area contributed by atoms with Crippen LogP contribution in [0, 0.1) is 10.8 Å². The second kappa shape index (κ2) is 9.18. The molecule has 0 radical (unpaired) electrons. The van der Waals surface area contributed by atoms with Gasteiger partial charge in [0.05, 0.1) is 13.3 Å². The quantitative estimate of drug-likeness (QED) is 0.318. The van der Waals surface area contributed by atoms with Gasteiger partial charge in [-0.1, -0.05) is 51.1 Å². The molecule has 0 saturated carbocycles. The molecule has 2 saturated heterocycles. The van der Waals surface area contributed by atoms with E-state index in [-0.39, 0.29) is 17.3 Å². The van der Waals surface area contributed by atoms with Crippen molar-refractivity contribution >= 4 is 29.9 Å². The number of fused-ring (bicyclic) bond motifs is 4. The Morgan fingerprint density at radius 2 is 1.65 bits per heavy atom. The van der Waals surface area contributed by atoms with E-state index < -0.39 is 52.5 Å². The average Bonchev–Trinajstić information content (AvgIpc) is 3.18. The molecule has 0 unspecified atom stereocenters. The number of rotatable bonds is 4. The molecule has 10 heteroatoms. The SMILES string of the molecule is COc1cc([C@@H]2[C@H](C(=O)C(C)(C)C)N3N=Cc4ccccc4[C@@H]3C23C(=O)OC(C)(C)OC3=O)ccc1OC(C)=O. The van der Waals surface area contributed by atoms with E-state index in [1.807, 2.05) is 18.2 Å². The number of carbonyl (C=O) groups excluding carboxylic acids is 4. The number of esters is 3. The first-order valence-corrected chi connectivity index (χ1v) is 13.0. The second-order valence-electron chi connectivity index (χ2n) is 11.7. The van der Waals surface area contributed by atoms with Gasteiger partial charge < -0.3 is 18.9 Å². The standard InChI is InChI=1S/C30H32N2O8/c1-16(33)38-20-13-12-17(14-21(20)37-7)22-23(25(34)28(2,3)4)32-24(19-11-9-8-10-18(19)15-31-32)30(22)26(35)39-29(5,6)40-27(30)36/h8-15,22-24H,1-7H3/t22-,23-,24-/m1/s1. The summed E-state index contributed by atoms with van der Waals surface area (Å²) in [5.74, 6) is -4.66. The fraction of sp³-hybridized carbons (Fsp3) is 0.433. The molecule has 210 valence electrons. The highest BCUT2D eigenvalue weighted by Crippen LogP contribution is 2.63. The van der Waals surface area contributed by atoms with Crippen LogP contribution < -0.4 is 9.47 Å². The average molecular weight is 549 g/mol. The third-order valence-corrected chi connectivity index (χ3v) is 7.57. The van der Waals surface area contributed by atoms with E-state index in [9.17, 15) is 19.2 Å². The molecule has 2 aromatic rings. The zero-order valence-corrected chi connectivity index (χ0v) is 23.5. The smallest absolute Gasteiger partial charge is 0.330 e. The molecule has 2 aromatic carbocycles. The highest BCUT2D eigenvalue weighted by Gasteiger charge is 2.75. The highest BCUT2D eigenvalue weighted by molar-refractivity contribution is 6.07. The summed E-state index contributed by atoms with van der Waals surface area (Å²) in [6.07, 6.45) is 1.62. The van der Waals surface area contributed by atoms with Crippen molar-refractivity contribution in [1.29, 1.82) is 0 Å². The number of hydrogen-bond donors (Lipinski definition) is 0. The Balaban J connectivity index is 1.83. The molecule has 40 heavy (non-hydrogen) atoms. The lowest BCUT2D eigenvalue weighted by Crippen LogP contribution is -2.58. The van der Waals surface area contributed by atoms with Crippen molar-refractivity contribution in [2.45, 2.75) is 65.3 Å². The molecular weight excluding hydrogens is 516 g/mol. The lowest BCUT2D eigenvalue weighted by atomic mass is 9.64. The maximum absolute atomic E-state index is 14.3. The molecule has 2 fully saturated rings. The molecule has 5 rings (SSSR count). The normalized spacial score (nSPS) is 24.1. The Kier molecular flexibility index (Phi) is 6.28. The van der Waals surface area contributed by atoms with Crippen molar-refractivity contribution in [1.82, 2.24) is 5.01 Å². The fourth-order valence-electron chi connectivity index (χ4n) is 5.95. The summed E-state index contributed by atoms with van der Waals surface area (Å²) < 4.78 is 22.3. The van der Waals surface area contributed by atoms with Crippen LogP contribution in [0.25, 0.3) is 0 Å². The summed E-state index contributed by atoms with van der Waals surface area (Å²) >= 11 is 0. The van der Waals surface area contributed by atoms with Crippen molar-refractivity contribution in [3.63, 3.8) is 0 Å². The summed E-state index contributed by atoms with van der Waals surface area (Å²) in [7, 11) is 1.41. The molecule has 0 aromatic heterocycles. The topological polar surface area (TPSA) is 121 Å². The van der Waals surface area contributed by atoms with Crippen LogP contribution in [0.5, 0.6) is 11.5 Å². The van der Waals surface area contributed by atoms with Gasteiger partial charge in [0.2, 0.25) is 5.41 Å². The Morgan fingerprint density at radius 1 is 1.00 bits per heavy atom. The number of methoxy groups -OCH3 is 1. The zero-order chi connectivity index (χ0) is 29.2. The third kappa shape index (κ3) is 4.04. The fourth-order valence-corrected chi connectivity index (χ4v) is 5.95. The molecule has 10 nitrogen and oxygen atoms in total. The van der Waals surface area contributed by atoms with E-state index in [0.717, 1.165) is 0 Å². The molecule has 3 atom stereocenters. The van der Waals surface area contributed by atoms with Crippen LogP contribution in [-0.4, -0.2) is 53.9 Å². The summed E-state index contributed by atoms with van der Waals surface area (Å²) in [6.45, 7) is 9.57. The van der Waals surface area contributed by atoms with Crippen LogP contribution in [0.3, 0.4) is 0 Å². The van der Waals surface area contributed by atoms with Crippen molar-refractivity contribution in [3.8, 4) is 11.5 Å². The molecule has 0 bridgehead atoms. The number of ether oxygens (including phenoxy) is 4. The van der Waals surface area contributed by atoms with Crippen molar-refractivity contribution < 1.29 is 38.1 Å². The number of carbonyl (C=O) groups is 4. The maximum atomic E-state index is 14.3. The minimum atomic E-state index is -2.00.